The smallest absolute Gasteiger partial charge is 0.310 e. The highest BCUT2D eigenvalue weighted by Gasteiger charge is 2.02. The number of nitrogens with zero attached hydrogens (tertiary/aromatic N) is 1. The van der Waals surface area contributed by atoms with Gasteiger partial charge in [-0.05, 0) is 35.3 Å². The molecule has 1 aromatic carbocycles. The third-order valence-electron chi connectivity index (χ3n) is 3.48. The summed E-state index contributed by atoms with van der Waals surface area (Å²) in [6, 6.07) is 11.1. The maximum absolute atomic E-state index is 11.6. The maximum atomic E-state index is 11.6. The van der Waals surface area contributed by atoms with Crippen molar-refractivity contribution >= 4 is 15.9 Å². The Morgan fingerprint density at radius 3 is 2.19 bits per heavy atom. The Morgan fingerprint density at radius 1 is 0.962 bits per heavy atom. The molecule has 2 aromatic heterocycles. The number of benzene rings is 1. The molecule has 0 aliphatic heterocycles. The summed E-state index contributed by atoms with van der Waals surface area (Å²) >= 11 is 3.00. The molecule has 0 unspecified atom stereocenters. The Bertz CT molecular complexity index is 1130. The van der Waals surface area contributed by atoms with Gasteiger partial charge in [-0.3, -0.25) is 24.1 Å². The van der Waals surface area contributed by atoms with Crippen molar-refractivity contribution in [3.05, 3.63) is 99.5 Å². The molecule has 0 atom stereocenters. The molecular formula is C17H17BrN4O4. The van der Waals surface area contributed by atoms with Crippen LogP contribution in [-0.4, -0.2) is 19.5 Å². The Balaban J connectivity index is 0.000000209. The number of aryl methyl sites for hydroxylation is 2. The summed E-state index contributed by atoms with van der Waals surface area (Å²) in [6.07, 6.45) is 0. The first kappa shape index (κ1) is 19.4. The van der Waals surface area contributed by atoms with Gasteiger partial charge in [-0.1, -0.05) is 30.3 Å². The second-order valence-corrected chi connectivity index (χ2v) is 6.29. The van der Waals surface area contributed by atoms with Crippen molar-refractivity contribution in [2.45, 2.75) is 20.4 Å². The van der Waals surface area contributed by atoms with Crippen LogP contribution in [0.3, 0.4) is 0 Å². The molecule has 8 nitrogen and oxygen atoms in total. The first-order valence-corrected chi connectivity index (χ1v) is 8.40. The molecule has 0 fully saturated rings. The van der Waals surface area contributed by atoms with E-state index >= 15 is 0 Å². The first-order chi connectivity index (χ1) is 12.3. The van der Waals surface area contributed by atoms with E-state index in [-0.39, 0.29) is 11.2 Å². The van der Waals surface area contributed by atoms with Gasteiger partial charge in [-0.25, -0.2) is 9.59 Å². The van der Waals surface area contributed by atoms with Crippen LogP contribution < -0.4 is 22.5 Å². The van der Waals surface area contributed by atoms with Gasteiger partial charge >= 0.3 is 11.4 Å². The lowest BCUT2D eigenvalue weighted by atomic mass is 10.2. The molecule has 0 aliphatic carbocycles. The van der Waals surface area contributed by atoms with Crippen LogP contribution >= 0.6 is 15.9 Å². The molecule has 0 radical (unpaired) electrons. The summed E-state index contributed by atoms with van der Waals surface area (Å²) in [4.78, 5) is 50.6. The molecule has 3 N–H and O–H groups in total. The second-order valence-electron chi connectivity index (χ2n) is 5.50. The van der Waals surface area contributed by atoms with Gasteiger partial charge in [0.1, 0.15) is 4.47 Å². The highest BCUT2D eigenvalue weighted by Crippen LogP contribution is 2.03. The summed E-state index contributed by atoms with van der Waals surface area (Å²) in [7, 11) is 0. The van der Waals surface area contributed by atoms with E-state index in [9.17, 15) is 19.2 Å². The van der Waals surface area contributed by atoms with Crippen LogP contribution in [0.2, 0.25) is 0 Å². The lowest BCUT2D eigenvalue weighted by Gasteiger charge is -2.08. The zero-order valence-electron chi connectivity index (χ0n) is 14.1. The van der Waals surface area contributed by atoms with Gasteiger partial charge in [0.25, 0.3) is 11.1 Å². The quantitative estimate of drug-likeness (QED) is 0.572. The number of rotatable bonds is 2. The molecule has 2 heterocycles. The predicted molar refractivity (Wildman–Crippen MR) is 102 cm³/mol. The van der Waals surface area contributed by atoms with Crippen LogP contribution in [0.4, 0.5) is 0 Å². The number of hydrogen-bond donors (Lipinski definition) is 3. The van der Waals surface area contributed by atoms with E-state index in [4.69, 9.17) is 0 Å². The number of aromatic nitrogens is 4. The van der Waals surface area contributed by atoms with E-state index in [2.05, 4.69) is 30.9 Å². The van der Waals surface area contributed by atoms with Gasteiger partial charge in [0.15, 0.2) is 0 Å². The fourth-order valence-corrected chi connectivity index (χ4v) is 2.38. The number of aromatic amines is 3. The van der Waals surface area contributed by atoms with Crippen LogP contribution in [-0.2, 0) is 6.54 Å². The third kappa shape index (κ3) is 5.03. The monoisotopic (exact) mass is 420 g/mol. The minimum absolute atomic E-state index is 0.355. The molecule has 9 heteroatoms. The SMILES string of the molecule is Cc1[nH]c(=O)[nH]c(=O)c1Br.Cc1cc(=O)[nH]c(=O)n1Cc1ccccc1. The highest BCUT2D eigenvalue weighted by atomic mass is 79.9. The molecule has 0 saturated heterocycles. The number of nitrogens with one attached hydrogen (secondary N) is 3. The summed E-state index contributed by atoms with van der Waals surface area (Å²) in [5, 5.41) is 0. The Kier molecular flexibility index (Phi) is 6.29. The lowest BCUT2D eigenvalue weighted by molar-refractivity contribution is 0.693. The largest absolute Gasteiger partial charge is 0.328 e. The molecule has 0 aliphatic rings. The Labute approximate surface area is 155 Å². The normalized spacial score (nSPS) is 10.1. The number of hydrogen-bond acceptors (Lipinski definition) is 4. The van der Waals surface area contributed by atoms with Crippen LogP contribution in [0.1, 0.15) is 17.0 Å². The predicted octanol–water partition coefficient (Wildman–Crippen LogP) is 1.03. The number of halogens is 1. The Morgan fingerprint density at radius 2 is 1.62 bits per heavy atom. The maximum Gasteiger partial charge on any atom is 0.328 e. The average molecular weight is 421 g/mol. The van der Waals surface area contributed by atoms with Crippen molar-refractivity contribution in [2.75, 3.05) is 0 Å². The van der Waals surface area contributed by atoms with Crippen molar-refractivity contribution in [3.63, 3.8) is 0 Å². The topological polar surface area (TPSA) is 121 Å². The molecule has 136 valence electrons. The van der Waals surface area contributed by atoms with Crippen LogP contribution in [0.5, 0.6) is 0 Å². The summed E-state index contributed by atoms with van der Waals surface area (Å²) < 4.78 is 1.91. The van der Waals surface area contributed by atoms with E-state index in [1.54, 1.807) is 13.8 Å². The summed E-state index contributed by atoms with van der Waals surface area (Å²) in [5.41, 5.74) is 0.624. The molecule has 0 saturated carbocycles. The van der Waals surface area contributed by atoms with E-state index < -0.39 is 11.2 Å². The first-order valence-electron chi connectivity index (χ1n) is 7.61. The van der Waals surface area contributed by atoms with Crippen molar-refractivity contribution in [1.29, 1.82) is 0 Å². The summed E-state index contributed by atoms with van der Waals surface area (Å²) in [5.74, 6) is 0. The van der Waals surface area contributed by atoms with Crippen molar-refractivity contribution < 1.29 is 0 Å². The molecule has 3 aromatic rings. The molecule has 3 rings (SSSR count). The van der Waals surface area contributed by atoms with Crippen LogP contribution in [0, 0.1) is 13.8 Å². The highest BCUT2D eigenvalue weighted by molar-refractivity contribution is 9.10. The minimum atomic E-state index is -0.481. The van der Waals surface area contributed by atoms with E-state index in [0.717, 1.165) is 5.56 Å². The van der Waals surface area contributed by atoms with Crippen LogP contribution in [0.15, 0.2) is 60.0 Å². The van der Waals surface area contributed by atoms with E-state index in [1.807, 2.05) is 30.3 Å². The molecule has 26 heavy (non-hydrogen) atoms. The van der Waals surface area contributed by atoms with Gasteiger partial charge in [-0.2, -0.15) is 0 Å². The van der Waals surface area contributed by atoms with E-state index in [0.29, 0.717) is 22.4 Å². The van der Waals surface area contributed by atoms with Gasteiger partial charge in [-0.15, -0.1) is 0 Å². The molecular weight excluding hydrogens is 404 g/mol. The van der Waals surface area contributed by atoms with Crippen molar-refractivity contribution in [2.24, 2.45) is 0 Å². The van der Waals surface area contributed by atoms with Gasteiger partial charge < -0.3 is 4.98 Å². The lowest BCUT2D eigenvalue weighted by Crippen LogP contribution is -2.31. The van der Waals surface area contributed by atoms with Crippen molar-refractivity contribution in [1.82, 2.24) is 19.5 Å². The fourth-order valence-electron chi connectivity index (χ4n) is 2.18. The van der Waals surface area contributed by atoms with Gasteiger partial charge in [0.05, 0.1) is 6.54 Å². The fraction of sp³-hybridized carbons (Fsp3) is 0.176. The van der Waals surface area contributed by atoms with E-state index in [1.165, 1.54) is 10.6 Å². The average Bonchev–Trinajstić information content (AvgIpc) is 2.57. The van der Waals surface area contributed by atoms with Gasteiger partial charge in [0, 0.05) is 17.5 Å². The zero-order valence-corrected chi connectivity index (χ0v) is 15.7. The number of H-pyrrole nitrogens is 3. The van der Waals surface area contributed by atoms with Crippen molar-refractivity contribution in [3.8, 4) is 0 Å². The molecule has 0 spiro atoms. The minimum Gasteiger partial charge on any atom is -0.310 e. The van der Waals surface area contributed by atoms with Gasteiger partial charge in [0.2, 0.25) is 0 Å². The second kappa shape index (κ2) is 8.43. The standard InChI is InChI=1S/C12H12N2O2.C5H5BrN2O2/c1-9-7-11(15)13-12(16)14(9)8-10-5-3-2-4-6-10;1-2-3(6)4(9)8-5(10)7-2/h2-7H,8H2,1H3,(H,13,15,16);1H3,(H2,7,8,9,10). The van der Waals surface area contributed by atoms with Crippen LogP contribution in [0.25, 0.3) is 0 Å². The molecule has 0 bridgehead atoms. The Hall–Kier alpha value is -2.94. The molecule has 0 amide bonds. The zero-order chi connectivity index (χ0) is 19.3. The third-order valence-corrected chi connectivity index (χ3v) is 4.44. The summed E-state index contributed by atoms with van der Waals surface area (Å²) in [6.45, 7) is 3.86.